The topological polar surface area (TPSA) is 117 Å². The summed E-state index contributed by atoms with van der Waals surface area (Å²) >= 11 is 0. The monoisotopic (exact) mass is 452 g/mol. The molecule has 2 aromatic carbocycles. The minimum Gasteiger partial charge on any atom is -0.352 e. The van der Waals surface area contributed by atoms with Gasteiger partial charge in [-0.3, -0.25) is 9.78 Å². The summed E-state index contributed by atoms with van der Waals surface area (Å²) in [6, 6.07) is 15.0. The van der Waals surface area contributed by atoms with Crippen LogP contribution in [-0.4, -0.2) is 31.9 Å². The summed E-state index contributed by atoms with van der Waals surface area (Å²) in [6.07, 6.45) is 4.09. The Labute approximate surface area is 187 Å². The third-order valence-electron chi connectivity index (χ3n) is 4.54. The zero-order valence-corrected chi connectivity index (χ0v) is 18.4. The van der Waals surface area contributed by atoms with E-state index in [4.69, 9.17) is 0 Å². The van der Waals surface area contributed by atoms with E-state index in [-0.39, 0.29) is 21.3 Å². The van der Waals surface area contributed by atoms with Gasteiger partial charge in [0.25, 0.3) is 5.91 Å². The molecule has 3 rings (SSSR count). The van der Waals surface area contributed by atoms with Gasteiger partial charge < -0.3 is 16.0 Å². The highest BCUT2D eigenvalue weighted by Crippen LogP contribution is 2.23. The minimum absolute atomic E-state index is 0.0246. The molecular formula is C23H24N4O4S. The number of amides is 3. The highest BCUT2D eigenvalue weighted by Gasteiger charge is 2.19. The Bertz CT molecular complexity index is 1180. The summed E-state index contributed by atoms with van der Waals surface area (Å²) < 4.78 is 26.0. The Balaban J connectivity index is 1.67. The minimum atomic E-state index is -3.82. The average molecular weight is 453 g/mol. The van der Waals surface area contributed by atoms with Gasteiger partial charge in [0, 0.05) is 36.7 Å². The number of urea groups is 1. The van der Waals surface area contributed by atoms with E-state index in [1.54, 1.807) is 24.5 Å². The molecule has 0 aliphatic rings. The molecule has 9 heteroatoms. The number of rotatable bonds is 8. The van der Waals surface area contributed by atoms with Crippen molar-refractivity contribution in [3.05, 3.63) is 84.2 Å². The molecule has 0 aliphatic heterocycles. The number of nitrogens with zero attached hydrogens (tertiary/aromatic N) is 1. The second-order valence-electron chi connectivity index (χ2n) is 6.98. The summed E-state index contributed by atoms with van der Waals surface area (Å²) in [5.74, 6) is -0.319. The van der Waals surface area contributed by atoms with Crippen LogP contribution >= 0.6 is 0 Å². The van der Waals surface area contributed by atoms with Crippen LogP contribution in [-0.2, 0) is 16.4 Å². The van der Waals surface area contributed by atoms with E-state index in [0.717, 1.165) is 12.0 Å². The van der Waals surface area contributed by atoms with Gasteiger partial charge >= 0.3 is 6.03 Å². The number of sulfone groups is 1. The number of aromatic nitrogens is 1. The number of hydrogen-bond acceptors (Lipinski definition) is 5. The number of anilines is 1. The van der Waals surface area contributed by atoms with Crippen molar-refractivity contribution in [3.8, 4) is 0 Å². The van der Waals surface area contributed by atoms with Gasteiger partial charge in [-0.1, -0.05) is 19.1 Å². The van der Waals surface area contributed by atoms with E-state index in [2.05, 4.69) is 20.9 Å². The quantitative estimate of drug-likeness (QED) is 0.484. The maximum Gasteiger partial charge on any atom is 0.319 e. The number of benzene rings is 2. The first kappa shape index (κ1) is 23.0. The zero-order valence-electron chi connectivity index (χ0n) is 17.5. The zero-order chi connectivity index (χ0) is 23.0. The standard InChI is InChI=1S/C23H24N4O4S/c1-2-12-25-22(28)18-6-3-7-21(14-18)32(30,31)20-10-8-19(9-11-20)27-23(29)26-16-17-5-4-13-24-15-17/h3-11,13-15H,2,12,16H2,1H3,(H,25,28)(H2,26,27,29). The Morgan fingerprint density at radius 3 is 2.41 bits per heavy atom. The first-order valence-corrected chi connectivity index (χ1v) is 11.6. The summed E-state index contributed by atoms with van der Waals surface area (Å²) in [4.78, 5) is 28.3. The average Bonchev–Trinajstić information content (AvgIpc) is 2.82. The summed E-state index contributed by atoms with van der Waals surface area (Å²) in [7, 11) is -3.82. The van der Waals surface area contributed by atoms with Crippen LogP contribution in [0.2, 0.25) is 0 Å². The van der Waals surface area contributed by atoms with E-state index in [1.165, 1.54) is 42.5 Å². The predicted molar refractivity (Wildman–Crippen MR) is 121 cm³/mol. The van der Waals surface area contributed by atoms with Crippen molar-refractivity contribution in [1.29, 1.82) is 0 Å². The maximum atomic E-state index is 13.0. The lowest BCUT2D eigenvalue weighted by Gasteiger charge is -2.10. The van der Waals surface area contributed by atoms with Crippen molar-refractivity contribution in [2.45, 2.75) is 29.7 Å². The van der Waals surface area contributed by atoms with Gasteiger partial charge in [0.15, 0.2) is 0 Å². The molecule has 0 fully saturated rings. The van der Waals surface area contributed by atoms with Crippen LogP contribution in [0.15, 0.2) is 82.8 Å². The van der Waals surface area contributed by atoms with Crippen molar-refractivity contribution in [1.82, 2.24) is 15.6 Å². The molecule has 1 heterocycles. The molecule has 32 heavy (non-hydrogen) atoms. The molecule has 166 valence electrons. The fourth-order valence-corrected chi connectivity index (χ4v) is 4.17. The number of pyridine rings is 1. The molecule has 0 spiro atoms. The molecule has 0 atom stereocenters. The number of hydrogen-bond donors (Lipinski definition) is 3. The van der Waals surface area contributed by atoms with Crippen LogP contribution in [0.3, 0.4) is 0 Å². The Morgan fingerprint density at radius 2 is 1.72 bits per heavy atom. The van der Waals surface area contributed by atoms with E-state index < -0.39 is 15.9 Å². The lowest BCUT2D eigenvalue weighted by Crippen LogP contribution is -2.28. The third kappa shape index (κ3) is 5.92. The van der Waals surface area contributed by atoms with E-state index in [9.17, 15) is 18.0 Å². The highest BCUT2D eigenvalue weighted by atomic mass is 32.2. The normalized spacial score (nSPS) is 10.9. The number of carbonyl (C=O) groups excluding carboxylic acids is 2. The van der Waals surface area contributed by atoms with Gasteiger partial charge in [0.2, 0.25) is 9.84 Å². The molecular weight excluding hydrogens is 428 g/mol. The summed E-state index contributed by atoms with van der Waals surface area (Å²) in [5.41, 5.74) is 1.58. The van der Waals surface area contributed by atoms with Crippen molar-refractivity contribution < 1.29 is 18.0 Å². The first-order chi connectivity index (χ1) is 15.4. The molecule has 0 unspecified atom stereocenters. The Kier molecular flexibility index (Phi) is 7.56. The van der Waals surface area contributed by atoms with E-state index >= 15 is 0 Å². The highest BCUT2D eigenvalue weighted by molar-refractivity contribution is 7.91. The summed E-state index contributed by atoms with van der Waals surface area (Å²) in [6.45, 7) is 2.76. The van der Waals surface area contributed by atoms with E-state index in [1.807, 2.05) is 13.0 Å². The lowest BCUT2D eigenvalue weighted by atomic mass is 10.2. The Hall–Kier alpha value is -3.72. The molecule has 0 saturated carbocycles. The van der Waals surface area contributed by atoms with Crippen LogP contribution in [0.25, 0.3) is 0 Å². The molecule has 0 saturated heterocycles. The Morgan fingerprint density at radius 1 is 0.938 bits per heavy atom. The van der Waals surface area contributed by atoms with Gasteiger partial charge in [-0.15, -0.1) is 0 Å². The predicted octanol–water partition coefficient (Wildman–Crippen LogP) is 3.38. The second-order valence-corrected chi connectivity index (χ2v) is 8.93. The number of carbonyl (C=O) groups is 2. The maximum absolute atomic E-state index is 13.0. The van der Waals surface area contributed by atoms with Gasteiger partial charge in [0.05, 0.1) is 9.79 Å². The van der Waals surface area contributed by atoms with Gasteiger partial charge in [-0.25, -0.2) is 13.2 Å². The van der Waals surface area contributed by atoms with Crippen molar-refractivity contribution >= 4 is 27.5 Å². The fraction of sp³-hybridized carbons (Fsp3) is 0.174. The van der Waals surface area contributed by atoms with Crippen LogP contribution in [0.1, 0.15) is 29.3 Å². The lowest BCUT2D eigenvalue weighted by molar-refractivity contribution is 0.0953. The SMILES string of the molecule is CCCNC(=O)c1cccc(S(=O)(=O)c2ccc(NC(=O)NCc3cccnc3)cc2)c1. The van der Waals surface area contributed by atoms with Crippen molar-refractivity contribution in [2.75, 3.05) is 11.9 Å². The molecule has 3 N–H and O–H groups in total. The second kappa shape index (κ2) is 10.5. The van der Waals surface area contributed by atoms with Crippen molar-refractivity contribution in [3.63, 3.8) is 0 Å². The molecule has 8 nitrogen and oxygen atoms in total. The van der Waals surface area contributed by atoms with Crippen LogP contribution in [0.4, 0.5) is 10.5 Å². The molecule has 3 aromatic rings. The number of nitrogens with one attached hydrogen (secondary N) is 3. The summed E-state index contributed by atoms with van der Waals surface area (Å²) in [5, 5.41) is 8.09. The van der Waals surface area contributed by atoms with Gasteiger partial charge in [-0.05, 0) is 60.5 Å². The molecule has 0 aliphatic carbocycles. The van der Waals surface area contributed by atoms with Crippen LogP contribution in [0, 0.1) is 0 Å². The molecule has 1 aromatic heterocycles. The first-order valence-electron chi connectivity index (χ1n) is 10.1. The van der Waals surface area contributed by atoms with Gasteiger partial charge in [-0.2, -0.15) is 0 Å². The van der Waals surface area contributed by atoms with E-state index in [0.29, 0.717) is 18.8 Å². The van der Waals surface area contributed by atoms with Crippen molar-refractivity contribution in [2.24, 2.45) is 0 Å². The molecule has 0 radical (unpaired) electrons. The fourth-order valence-electron chi connectivity index (χ4n) is 2.86. The largest absolute Gasteiger partial charge is 0.352 e. The molecule has 0 bridgehead atoms. The van der Waals surface area contributed by atoms with Crippen LogP contribution < -0.4 is 16.0 Å². The van der Waals surface area contributed by atoms with Gasteiger partial charge in [0.1, 0.15) is 0 Å². The third-order valence-corrected chi connectivity index (χ3v) is 6.31. The van der Waals surface area contributed by atoms with Crippen LogP contribution in [0.5, 0.6) is 0 Å². The smallest absolute Gasteiger partial charge is 0.319 e. The molecule has 3 amide bonds.